The van der Waals surface area contributed by atoms with E-state index in [-0.39, 0.29) is 27.8 Å². The molecule has 0 radical (unpaired) electrons. The first-order valence-corrected chi connectivity index (χ1v) is 6.63. The Hall–Kier alpha value is -1.79. The van der Waals surface area contributed by atoms with Crippen molar-refractivity contribution in [3.63, 3.8) is 0 Å². The largest absolute Gasteiger partial charge is 0.389 e. The summed E-state index contributed by atoms with van der Waals surface area (Å²) in [6.07, 6.45) is 0. The van der Waals surface area contributed by atoms with Gasteiger partial charge in [-0.1, -0.05) is 29.9 Å². The molecular weight excluding hydrogens is 321 g/mol. The van der Waals surface area contributed by atoms with Crippen molar-refractivity contribution in [3.05, 3.63) is 63.9 Å². The zero-order valence-corrected chi connectivity index (χ0v) is 12.2. The van der Waals surface area contributed by atoms with Crippen LogP contribution >= 0.6 is 23.8 Å². The minimum Gasteiger partial charge on any atom is -0.389 e. The lowest BCUT2D eigenvalue weighted by atomic mass is 10.1. The fourth-order valence-electron chi connectivity index (χ4n) is 1.72. The maximum absolute atomic E-state index is 13.8. The zero-order chi connectivity index (χ0) is 15.6. The molecule has 21 heavy (non-hydrogen) atoms. The summed E-state index contributed by atoms with van der Waals surface area (Å²) in [4.78, 5) is -0.0929. The van der Waals surface area contributed by atoms with Crippen LogP contribution in [0.2, 0.25) is 5.02 Å². The van der Waals surface area contributed by atoms with Gasteiger partial charge in [0.2, 0.25) is 0 Å². The highest BCUT2D eigenvalue weighted by atomic mass is 35.5. The van der Waals surface area contributed by atoms with E-state index in [0.717, 1.165) is 12.1 Å². The van der Waals surface area contributed by atoms with Crippen molar-refractivity contribution >= 4 is 34.5 Å². The summed E-state index contributed by atoms with van der Waals surface area (Å²) in [5.41, 5.74) is 5.70. The molecule has 0 fully saturated rings. The average molecular weight is 331 g/mol. The fourth-order valence-corrected chi connectivity index (χ4v) is 2.05. The maximum Gasteiger partial charge on any atom is 0.150 e. The van der Waals surface area contributed by atoms with Crippen LogP contribution in [0, 0.1) is 17.5 Å². The van der Waals surface area contributed by atoms with Gasteiger partial charge in [-0.05, 0) is 29.8 Å². The highest BCUT2D eigenvalue weighted by Gasteiger charge is 2.12. The molecule has 0 spiro atoms. The van der Waals surface area contributed by atoms with Gasteiger partial charge in [-0.25, -0.2) is 13.2 Å². The molecule has 2 aromatic rings. The summed E-state index contributed by atoms with van der Waals surface area (Å²) in [7, 11) is 0. The zero-order valence-electron chi connectivity index (χ0n) is 10.6. The summed E-state index contributed by atoms with van der Waals surface area (Å²) < 4.78 is 40.6. The highest BCUT2D eigenvalue weighted by molar-refractivity contribution is 7.80. The first-order chi connectivity index (χ1) is 9.88. The van der Waals surface area contributed by atoms with Gasteiger partial charge in [0.1, 0.15) is 28.1 Å². The Morgan fingerprint density at radius 2 is 1.71 bits per heavy atom. The molecule has 0 aliphatic rings. The van der Waals surface area contributed by atoms with E-state index >= 15 is 0 Å². The van der Waals surface area contributed by atoms with E-state index in [0.29, 0.717) is 5.56 Å². The lowest BCUT2D eigenvalue weighted by molar-refractivity contribution is 0.587. The van der Waals surface area contributed by atoms with Crippen molar-refractivity contribution in [2.45, 2.75) is 6.54 Å². The van der Waals surface area contributed by atoms with Crippen LogP contribution in [0.1, 0.15) is 11.1 Å². The Balaban J connectivity index is 2.20. The van der Waals surface area contributed by atoms with Crippen LogP contribution in [0.15, 0.2) is 30.3 Å². The predicted octanol–water partition coefficient (Wildman–Crippen LogP) is 4.00. The number of nitrogens with two attached hydrogens (primary N) is 1. The standard InChI is InChI=1S/C14H10ClF3N2S/c15-9-3-7(1-2-10(9)16)6-20-13-11(17)4-8(14(19)21)5-12(13)18/h1-5,20H,6H2,(H2,19,21). The van der Waals surface area contributed by atoms with E-state index in [9.17, 15) is 13.2 Å². The minimum absolute atomic E-state index is 0.0564. The van der Waals surface area contributed by atoms with E-state index in [1.165, 1.54) is 18.2 Å². The van der Waals surface area contributed by atoms with Crippen molar-refractivity contribution in [2.24, 2.45) is 5.73 Å². The molecule has 0 aromatic heterocycles. The molecule has 0 heterocycles. The van der Waals surface area contributed by atoms with Gasteiger partial charge in [0.15, 0.2) is 0 Å². The molecule has 2 rings (SSSR count). The Morgan fingerprint density at radius 1 is 1.10 bits per heavy atom. The highest BCUT2D eigenvalue weighted by Crippen LogP contribution is 2.22. The van der Waals surface area contributed by atoms with Gasteiger partial charge >= 0.3 is 0 Å². The van der Waals surface area contributed by atoms with Crippen LogP contribution in [0.3, 0.4) is 0 Å². The molecule has 3 N–H and O–H groups in total. The predicted molar refractivity (Wildman–Crippen MR) is 81.0 cm³/mol. The first-order valence-electron chi connectivity index (χ1n) is 5.85. The molecular formula is C14H10ClF3N2S. The van der Waals surface area contributed by atoms with E-state index in [1.54, 1.807) is 0 Å². The Morgan fingerprint density at radius 3 is 2.24 bits per heavy atom. The summed E-state index contributed by atoms with van der Waals surface area (Å²) in [6.45, 7) is 0.0836. The summed E-state index contributed by atoms with van der Waals surface area (Å²) in [5, 5.41) is 2.54. The van der Waals surface area contributed by atoms with E-state index in [1.807, 2.05) is 0 Å². The molecule has 2 aromatic carbocycles. The molecule has 2 nitrogen and oxygen atoms in total. The van der Waals surface area contributed by atoms with Crippen molar-refractivity contribution in [1.82, 2.24) is 0 Å². The third kappa shape index (κ3) is 3.65. The number of hydrogen-bond acceptors (Lipinski definition) is 2. The van der Waals surface area contributed by atoms with Gasteiger partial charge in [-0.15, -0.1) is 0 Å². The number of rotatable bonds is 4. The lowest BCUT2D eigenvalue weighted by Gasteiger charge is -2.11. The topological polar surface area (TPSA) is 38.0 Å². The Kier molecular flexibility index (Phi) is 4.69. The smallest absolute Gasteiger partial charge is 0.150 e. The minimum atomic E-state index is -0.814. The quantitative estimate of drug-likeness (QED) is 0.832. The first kappa shape index (κ1) is 15.6. The summed E-state index contributed by atoms with van der Waals surface area (Å²) in [6, 6.07) is 6.12. The maximum atomic E-state index is 13.8. The Labute approximate surface area is 129 Å². The number of halogens is 4. The second-order valence-electron chi connectivity index (χ2n) is 4.28. The molecule has 7 heteroatoms. The van der Waals surface area contributed by atoms with E-state index < -0.39 is 17.5 Å². The molecule has 0 saturated heterocycles. The molecule has 0 saturated carbocycles. The molecule has 110 valence electrons. The number of hydrogen-bond donors (Lipinski definition) is 2. The molecule has 0 aliphatic carbocycles. The molecule has 0 atom stereocenters. The van der Waals surface area contributed by atoms with Gasteiger partial charge in [0.05, 0.1) is 5.02 Å². The Bertz CT molecular complexity index is 684. The lowest BCUT2D eigenvalue weighted by Crippen LogP contribution is -2.12. The SMILES string of the molecule is NC(=S)c1cc(F)c(NCc2ccc(F)c(Cl)c2)c(F)c1. The summed E-state index contributed by atoms with van der Waals surface area (Å²) in [5.74, 6) is -2.18. The van der Waals surface area contributed by atoms with Crippen molar-refractivity contribution in [2.75, 3.05) is 5.32 Å². The van der Waals surface area contributed by atoms with E-state index in [2.05, 4.69) is 17.5 Å². The number of anilines is 1. The van der Waals surface area contributed by atoms with Crippen LogP contribution in [0.25, 0.3) is 0 Å². The second-order valence-corrected chi connectivity index (χ2v) is 5.13. The molecule has 0 unspecified atom stereocenters. The van der Waals surface area contributed by atoms with E-state index in [4.69, 9.17) is 17.3 Å². The normalized spacial score (nSPS) is 10.5. The molecule has 0 aliphatic heterocycles. The van der Waals surface area contributed by atoms with Gasteiger partial charge < -0.3 is 11.1 Å². The van der Waals surface area contributed by atoms with Crippen molar-refractivity contribution in [1.29, 1.82) is 0 Å². The van der Waals surface area contributed by atoms with Crippen LogP contribution in [-0.4, -0.2) is 4.99 Å². The number of thiocarbonyl (C=S) groups is 1. The van der Waals surface area contributed by atoms with Gasteiger partial charge in [0, 0.05) is 12.1 Å². The number of nitrogens with one attached hydrogen (secondary N) is 1. The van der Waals surface area contributed by atoms with Crippen LogP contribution in [0.4, 0.5) is 18.9 Å². The van der Waals surface area contributed by atoms with Crippen LogP contribution in [0.5, 0.6) is 0 Å². The van der Waals surface area contributed by atoms with Crippen molar-refractivity contribution < 1.29 is 13.2 Å². The van der Waals surface area contributed by atoms with Gasteiger partial charge in [-0.2, -0.15) is 0 Å². The van der Waals surface area contributed by atoms with Crippen LogP contribution in [-0.2, 0) is 6.54 Å². The molecule has 0 bridgehead atoms. The average Bonchev–Trinajstić information content (AvgIpc) is 2.41. The molecule has 0 amide bonds. The number of benzene rings is 2. The van der Waals surface area contributed by atoms with Crippen LogP contribution < -0.4 is 11.1 Å². The third-order valence-corrected chi connectivity index (χ3v) is 3.31. The van der Waals surface area contributed by atoms with Gasteiger partial charge in [-0.3, -0.25) is 0 Å². The van der Waals surface area contributed by atoms with Crippen molar-refractivity contribution in [3.8, 4) is 0 Å². The monoisotopic (exact) mass is 330 g/mol. The van der Waals surface area contributed by atoms with Gasteiger partial charge in [0.25, 0.3) is 0 Å². The summed E-state index contributed by atoms with van der Waals surface area (Å²) >= 11 is 10.3. The second kappa shape index (κ2) is 6.32. The third-order valence-electron chi connectivity index (χ3n) is 2.78. The fraction of sp³-hybridized carbons (Fsp3) is 0.0714.